The fraction of sp³-hybridized carbons (Fsp3) is 0.364. The Morgan fingerprint density at radius 3 is 2.50 bits per heavy atom. The van der Waals surface area contributed by atoms with Crippen LogP contribution in [0.1, 0.15) is 5.56 Å². The molecular weight excluding hydrogens is 206 g/mol. The highest BCUT2D eigenvalue weighted by molar-refractivity contribution is 5.93. The summed E-state index contributed by atoms with van der Waals surface area (Å²) in [6.07, 6.45) is 0. The van der Waals surface area contributed by atoms with Crippen molar-refractivity contribution >= 4 is 11.7 Å². The van der Waals surface area contributed by atoms with Crippen molar-refractivity contribution in [1.29, 1.82) is 0 Å². The second kappa shape index (κ2) is 4.51. The van der Waals surface area contributed by atoms with E-state index in [0.717, 1.165) is 24.3 Å². The summed E-state index contributed by atoms with van der Waals surface area (Å²) >= 11 is 0. The van der Waals surface area contributed by atoms with Crippen molar-refractivity contribution in [2.24, 2.45) is 5.90 Å². The standard InChI is InChI=1S/C11H15N3O2/c1-13-6-7-14(11(13)15)10-4-2-9(3-5-10)8-16-12/h2-5H,6-8,12H2,1H3. The highest BCUT2D eigenvalue weighted by Gasteiger charge is 2.26. The predicted molar refractivity (Wildman–Crippen MR) is 60.8 cm³/mol. The van der Waals surface area contributed by atoms with Gasteiger partial charge < -0.3 is 4.90 Å². The minimum Gasteiger partial charge on any atom is -0.326 e. The zero-order valence-corrected chi connectivity index (χ0v) is 9.22. The summed E-state index contributed by atoms with van der Waals surface area (Å²) < 4.78 is 0. The highest BCUT2D eigenvalue weighted by Crippen LogP contribution is 2.20. The SMILES string of the molecule is CN1CCN(c2ccc(CON)cc2)C1=O. The quantitative estimate of drug-likeness (QED) is 0.773. The molecule has 86 valence electrons. The molecule has 1 aliphatic rings. The van der Waals surface area contributed by atoms with Gasteiger partial charge in [0.1, 0.15) is 0 Å². The zero-order valence-electron chi connectivity index (χ0n) is 9.22. The molecule has 0 radical (unpaired) electrons. The van der Waals surface area contributed by atoms with E-state index in [1.165, 1.54) is 0 Å². The van der Waals surface area contributed by atoms with E-state index in [9.17, 15) is 4.79 Å². The lowest BCUT2D eigenvalue weighted by Gasteiger charge is -2.16. The monoisotopic (exact) mass is 221 g/mol. The van der Waals surface area contributed by atoms with Gasteiger partial charge in [-0.2, -0.15) is 0 Å². The summed E-state index contributed by atoms with van der Waals surface area (Å²) in [6, 6.07) is 7.68. The number of benzene rings is 1. The minimum atomic E-state index is 0.0443. The third kappa shape index (κ3) is 2.00. The molecule has 2 rings (SSSR count). The fourth-order valence-electron chi connectivity index (χ4n) is 1.76. The third-order valence-corrected chi connectivity index (χ3v) is 2.71. The molecule has 0 saturated carbocycles. The average Bonchev–Trinajstić information content (AvgIpc) is 2.62. The number of likely N-dealkylation sites (N-methyl/N-ethyl adjacent to an activating group) is 1. The summed E-state index contributed by atoms with van der Waals surface area (Å²) in [6.45, 7) is 1.89. The first-order chi connectivity index (χ1) is 7.72. The van der Waals surface area contributed by atoms with E-state index in [0.29, 0.717) is 6.61 Å². The molecule has 1 aromatic carbocycles. The van der Waals surface area contributed by atoms with Gasteiger partial charge in [-0.1, -0.05) is 12.1 Å². The Morgan fingerprint density at radius 1 is 1.31 bits per heavy atom. The number of amides is 2. The molecule has 1 aliphatic heterocycles. The Morgan fingerprint density at radius 2 is 2.00 bits per heavy atom. The van der Waals surface area contributed by atoms with Crippen molar-refractivity contribution in [2.75, 3.05) is 25.0 Å². The van der Waals surface area contributed by atoms with Crippen LogP contribution in [-0.4, -0.2) is 31.1 Å². The minimum absolute atomic E-state index is 0.0443. The molecule has 1 heterocycles. The molecular formula is C11H15N3O2. The normalized spacial score (nSPS) is 16.0. The summed E-state index contributed by atoms with van der Waals surface area (Å²) in [5.41, 5.74) is 1.90. The van der Waals surface area contributed by atoms with Gasteiger partial charge in [0, 0.05) is 25.8 Å². The Hall–Kier alpha value is -1.59. The highest BCUT2D eigenvalue weighted by atomic mass is 16.6. The number of nitrogens with zero attached hydrogens (tertiary/aromatic N) is 2. The molecule has 1 saturated heterocycles. The van der Waals surface area contributed by atoms with Gasteiger partial charge in [-0.05, 0) is 17.7 Å². The van der Waals surface area contributed by atoms with Crippen LogP contribution in [0.5, 0.6) is 0 Å². The largest absolute Gasteiger partial charge is 0.326 e. The molecule has 0 atom stereocenters. The van der Waals surface area contributed by atoms with Gasteiger partial charge in [0.2, 0.25) is 0 Å². The molecule has 0 aromatic heterocycles. The molecule has 0 spiro atoms. The lowest BCUT2D eigenvalue weighted by Crippen LogP contribution is -2.29. The Labute approximate surface area is 94.3 Å². The fourth-order valence-corrected chi connectivity index (χ4v) is 1.76. The van der Waals surface area contributed by atoms with E-state index in [4.69, 9.17) is 5.90 Å². The smallest absolute Gasteiger partial charge is 0.324 e. The second-order valence-corrected chi connectivity index (χ2v) is 3.83. The maximum atomic E-state index is 11.7. The lowest BCUT2D eigenvalue weighted by atomic mass is 10.2. The summed E-state index contributed by atoms with van der Waals surface area (Å²) in [4.78, 5) is 19.7. The molecule has 0 aliphatic carbocycles. The van der Waals surface area contributed by atoms with E-state index in [-0.39, 0.29) is 6.03 Å². The third-order valence-electron chi connectivity index (χ3n) is 2.71. The first-order valence-electron chi connectivity index (χ1n) is 5.15. The summed E-state index contributed by atoms with van der Waals surface area (Å²) in [7, 11) is 1.80. The number of urea groups is 1. The molecule has 16 heavy (non-hydrogen) atoms. The van der Waals surface area contributed by atoms with Gasteiger partial charge in [-0.25, -0.2) is 10.7 Å². The van der Waals surface area contributed by atoms with Crippen LogP contribution in [0, 0.1) is 0 Å². The molecule has 2 N–H and O–H groups in total. The van der Waals surface area contributed by atoms with Gasteiger partial charge in [0.05, 0.1) is 6.61 Å². The maximum Gasteiger partial charge on any atom is 0.324 e. The van der Waals surface area contributed by atoms with Crippen LogP contribution in [-0.2, 0) is 11.4 Å². The van der Waals surface area contributed by atoms with Crippen LogP contribution >= 0.6 is 0 Å². The van der Waals surface area contributed by atoms with Crippen molar-refractivity contribution in [3.8, 4) is 0 Å². The Kier molecular flexibility index (Phi) is 3.07. The van der Waals surface area contributed by atoms with Gasteiger partial charge in [0.25, 0.3) is 0 Å². The van der Waals surface area contributed by atoms with Crippen molar-refractivity contribution in [3.63, 3.8) is 0 Å². The Bertz CT molecular complexity index is 377. The molecule has 5 nitrogen and oxygen atoms in total. The van der Waals surface area contributed by atoms with Gasteiger partial charge >= 0.3 is 6.03 Å². The first-order valence-corrected chi connectivity index (χ1v) is 5.15. The molecule has 2 amide bonds. The van der Waals surface area contributed by atoms with Crippen LogP contribution < -0.4 is 10.8 Å². The number of hydrogen-bond donors (Lipinski definition) is 1. The van der Waals surface area contributed by atoms with Crippen LogP contribution in [0.2, 0.25) is 0 Å². The van der Waals surface area contributed by atoms with Gasteiger partial charge in [-0.15, -0.1) is 0 Å². The van der Waals surface area contributed by atoms with E-state index >= 15 is 0 Å². The molecule has 0 bridgehead atoms. The second-order valence-electron chi connectivity index (χ2n) is 3.83. The molecule has 1 fully saturated rings. The van der Waals surface area contributed by atoms with Crippen molar-refractivity contribution in [1.82, 2.24) is 4.90 Å². The number of carbonyl (C=O) groups is 1. The topological polar surface area (TPSA) is 58.8 Å². The maximum absolute atomic E-state index is 11.7. The predicted octanol–water partition coefficient (Wildman–Crippen LogP) is 0.949. The number of carbonyl (C=O) groups excluding carboxylic acids is 1. The molecule has 5 heteroatoms. The van der Waals surface area contributed by atoms with Gasteiger partial charge in [0.15, 0.2) is 0 Å². The number of rotatable bonds is 3. The number of anilines is 1. The molecule has 1 aromatic rings. The van der Waals surface area contributed by atoms with E-state index in [2.05, 4.69) is 4.84 Å². The van der Waals surface area contributed by atoms with E-state index < -0.39 is 0 Å². The van der Waals surface area contributed by atoms with Crippen molar-refractivity contribution in [2.45, 2.75) is 6.61 Å². The number of hydrogen-bond acceptors (Lipinski definition) is 3. The van der Waals surface area contributed by atoms with Crippen LogP contribution in [0.4, 0.5) is 10.5 Å². The first kappa shape index (κ1) is 10.9. The van der Waals surface area contributed by atoms with Crippen LogP contribution in [0.25, 0.3) is 0 Å². The van der Waals surface area contributed by atoms with Crippen molar-refractivity contribution < 1.29 is 9.63 Å². The van der Waals surface area contributed by atoms with Crippen LogP contribution in [0.3, 0.4) is 0 Å². The van der Waals surface area contributed by atoms with Crippen LogP contribution in [0.15, 0.2) is 24.3 Å². The number of nitrogens with two attached hydrogens (primary N) is 1. The average molecular weight is 221 g/mol. The summed E-state index contributed by atoms with van der Waals surface area (Å²) in [5, 5.41) is 0. The zero-order chi connectivity index (χ0) is 11.5. The van der Waals surface area contributed by atoms with Gasteiger partial charge in [-0.3, -0.25) is 9.74 Å². The van der Waals surface area contributed by atoms with Crippen molar-refractivity contribution in [3.05, 3.63) is 29.8 Å². The summed E-state index contributed by atoms with van der Waals surface area (Å²) in [5.74, 6) is 4.99. The lowest BCUT2D eigenvalue weighted by molar-refractivity contribution is 0.124. The molecule has 0 unspecified atom stereocenters. The Balaban J connectivity index is 2.13. The van der Waals surface area contributed by atoms with E-state index in [1.807, 2.05) is 24.3 Å². The van der Waals surface area contributed by atoms with E-state index in [1.54, 1.807) is 16.8 Å².